The summed E-state index contributed by atoms with van der Waals surface area (Å²) in [5.41, 5.74) is 0.195. The van der Waals surface area contributed by atoms with Gasteiger partial charge in [0, 0.05) is 6.08 Å². The van der Waals surface area contributed by atoms with Crippen LogP contribution in [0.15, 0.2) is 11.6 Å². The minimum atomic E-state index is -1.50. The molecule has 5 fully saturated rings. The first-order chi connectivity index (χ1) is 16.6. The first-order valence-corrected chi connectivity index (χ1v) is 13.2. The van der Waals surface area contributed by atoms with Gasteiger partial charge in [0.2, 0.25) is 0 Å². The lowest BCUT2D eigenvalue weighted by molar-refractivity contribution is -0.310. The molecule has 9 heteroatoms. The fraction of sp³-hybridized carbons (Fsp3) is 0.885. The predicted molar refractivity (Wildman–Crippen MR) is 121 cm³/mol. The van der Waals surface area contributed by atoms with Crippen molar-refractivity contribution in [1.29, 1.82) is 0 Å². The fourth-order valence-corrected chi connectivity index (χ4v) is 9.18. The van der Waals surface area contributed by atoms with Crippen molar-refractivity contribution in [1.82, 2.24) is 0 Å². The van der Waals surface area contributed by atoms with E-state index in [9.17, 15) is 30.3 Å². The van der Waals surface area contributed by atoms with E-state index in [2.05, 4.69) is 6.92 Å². The van der Waals surface area contributed by atoms with E-state index in [-0.39, 0.29) is 35.4 Å². The van der Waals surface area contributed by atoms with E-state index < -0.39 is 42.9 Å². The van der Waals surface area contributed by atoms with Gasteiger partial charge in [-0.2, -0.15) is 0 Å². The molecule has 9 nitrogen and oxygen atoms in total. The summed E-state index contributed by atoms with van der Waals surface area (Å²) in [6, 6.07) is 0. The van der Waals surface area contributed by atoms with Gasteiger partial charge in [-0.15, -0.1) is 0 Å². The number of carbonyl (C=O) groups is 1. The van der Waals surface area contributed by atoms with Crippen LogP contribution in [-0.2, 0) is 19.0 Å². The maximum Gasteiger partial charge on any atom is 0.331 e. The zero-order valence-electron chi connectivity index (χ0n) is 20.2. The minimum Gasteiger partial charge on any atom is -0.455 e. The van der Waals surface area contributed by atoms with Gasteiger partial charge in [-0.1, -0.05) is 6.92 Å². The molecule has 0 aromatic carbocycles. The topological polar surface area (TPSA) is 146 Å². The van der Waals surface area contributed by atoms with E-state index >= 15 is 0 Å². The third-order valence-corrected chi connectivity index (χ3v) is 10.7. The molecule has 2 heterocycles. The summed E-state index contributed by atoms with van der Waals surface area (Å²) in [6.45, 7) is 1.83. The second-order valence-electron chi connectivity index (χ2n) is 12.4. The van der Waals surface area contributed by atoms with E-state index in [0.29, 0.717) is 18.3 Å². The van der Waals surface area contributed by atoms with Gasteiger partial charge in [0.1, 0.15) is 30.5 Å². The Hall–Kier alpha value is -1.07. The number of carbonyl (C=O) groups excluding carboxylic acids is 1. The van der Waals surface area contributed by atoms with E-state index in [1.165, 1.54) is 5.57 Å². The third-order valence-electron chi connectivity index (χ3n) is 10.7. The Morgan fingerprint density at radius 2 is 1.89 bits per heavy atom. The molecule has 0 amide bonds. The molecule has 196 valence electrons. The smallest absolute Gasteiger partial charge is 0.331 e. The Bertz CT molecular complexity index is 905. The standard InChI is InChI=1S/C26H38O9/c1-24-6-5-16-14(8-19(28)34-16)15(24)4-7-25-9-13(2-3-18(24)25)26(32,11-25)12-33-23-22(31)21(30)20(29)17(10-27)35-23/h8,13,15-18,20-23,27,29-32H,2-7,9-12H2,1H3/t13-,15+,16+,17+,18-,20+,21-,22+,23+,24+,25-,26-/m0/s1. The molecule has 0 unspecified atom stereocenters. The van der Waals surface area contributed by atoms with Gasteiger partial charge < -0.3 is 39.7 Å². The van der Waals surface area contributed by atoms with Gasteiger partial charge in [0.25, 0.3) is 0 Å². The molecule has 0 aromatic heterocycles. The average molecular weight is 495 g/mol. The van der Waals surface area contributed by atoms with E-state index in [1.54, 1.807) is 6.08 Å². The molecule has 5 N–H and O–H groups in total. The SMILES string of the molecule is C[C@@]12CC[C@H]3OC(=O)C=C3[C@H]1CC[C@@]13C[C@H](CC[C@H]12)[C@@](O)(CO[C@@H]1O[C@H](CO)[C@@H](O)[C@H](O)[C@H]1O)C3. The molecule has 0 aromatic rings. The highest BCUT2D eigenvalue weighted by molar-refractivity contribution is 5.86. The molecular weight excluding hydrogens is 456 g/mol. The molecule has 4 saturated carbocycles. The summed E-state index contributed by atoms with van der Waals surface area (Å²) < 4.78 is 16.9. The Morgan fingerprint density at radius 3 is 2.66 bits per heavy atom. The quantitative estimate of drug-likeness (QED) is 0.351. The van der Waals surface area contributed by atoms with Crippen LogP contribution in [0.3, 0.4) is 0 Å². The van der Waals surface area contributed by atoms with Crippen molar-refractivity contribution in [3.63, 3.8) is 0 Å². The maximum absolute atomic E-state index is 12.0. The van der Waals surface area contributed by atoms with Gasteiger partial charge in [-0.25, -0.2) is 4.79 Å². The zero-order valence-corrected chi connectivity index (χ0v) is 20.2. The first-order valence-electron chi connectivity index (χ1n) is 13.2. The molecule has 12 atom stereocenters. The lowest BCUT2D eigenvalue weighted by Gasteiger charge is -2.60. The van der Waals surface area contributed by atoms with E-state index in [1.807, 2.05) is 0 Å². The summed E-state index contributed by atoms with van der Waals surface area (Å²) in [7, 11) is 0. The van der Waals surface area contributed by atoms with Crippen LogP contribution in [0.1, 0.15) is 58.3 Å². The number of aliphatic hydroxyl groups is 5. The first kappa shape index (κ1) is 24.3. The van der Waals surface area contributed by atoms with Gasteiger partial charge in [0.15, 0.2) is 6.29 Å². The number of ether oxygens (including phenoxy) is 3. The van der Waals surface area contributed by atoms with Crippen LogP contribution < -0.4 is 0 Å². The Balaban J connectivity index is 1.19. The zero-order chi connectivity index (χ0) is 24.8. The Kier molecular flexibility index (Phi) is 5.70. The molecule has 6 rings (SSSR count). The minimum absolute atomic E-state index is 0.0124. The number of aliphatic hydroxyl groups excluding tert-OH is 4. The second kappa shape index (κ2) is 8.21. The molecule has 6 aliphatic rings. The van der Waals surface area contributed by atoms with Crippen LogP contribution in [0.4, 0.5) is 0 Å². The Morgan fingerprint density at radius 1 is 1.09 bits per heavy atom. The number of rotatable bonds is 4. The number of hydrogen-bond donors (Lipinski definition) is 5. The van der Waals surface area contributed by atoms with E-state index in [4.69, 9.17) is 14.2 Å². The summed E-state index contributed by atoms with van der Waals surface area (Å²) in [6.07, 6.45) is 2.33. The largest absolute Gasteiger partial charge is 0.455 e. The van der Waals surface area contributed by atoms with Crippen molar-refractivity contribution in [2.75, 3.05) is 13.2 Å². The molecule has 0 radical (unpaired) electrons. The summed E-state index contributed by atoms with van der Waals surface area (Å²) in [5, 5.41) is 51.7. The van der Waals surface area contributed by atoms with Crippen LogP contribution >= 0.6 is 0 Å². The lowest BCUT2D eigenvalue weighted by atomic mass is 9.44. The predicted octanol–water partition coefficient (Wildman–Crippen LogP) is 0.402. The fourth-order valence-electron chi connectivity index (χ4n) is 9.18. The van der Waals surface area contributed by atoms with Gasteiger partial charge >= 0.3 is 5.97 Å². The van der Waals surface area contributed by atoms with Crippen LogP contribution in [0.5, 0.6) is 0 Å². The second-order valence-corrected chi connectivity index (χ2v) is 12.4. The summed E-state index contributed by atoms with van der Waals surface area (Å²) >= 11 is 0. The van der Waals surface area contributed by atoms with Crippen molar-refractivity contribution < 1.29 is 44.5 Å². The maximum atomic E-state index is 12.0. The van der Waals surface area contributed by atoms with Crippen molar-refractivity contribution in [3.05, 3.63) is 11.6 Å². The highest BCUT2D eigenvalue weighted by atomic mass is 16.7. The Labute approximate surface area is 205 Å². The van der Waals surface area contributed by atoms with Crippen molar-refractivity contribution in [2.24, 2.45) is 28.6 Å². The number of fused-ring (bicyclic) bond motifs is 5. The van der Waals surface area contributed by atoms with Crippen LogP contribution in [-0.4, -0.2) is 87.1 Å². The monoisotopic (exact) mass is 494 g/mol. The third kappa shape index (κ3) is 3.50. The molecule has 35 heavy (non-hydrogen) atoms. The number of hydrogen-bond acceptors (Lipinski definition) is 9. The average Bonchev–Trinajstić information content (AvgIpc) is 3.30. The molecule has 1 saturated heterocycles. The molecule has 1 spiro atoms. The molecule has 2 aliphatic heterocycles. The van der Waals surface area contributed by atoms with E-state index in [0.717, 1.165) is 44.9 Å². The number of esters is 1. The normalized spacial score (nSPS) is 55.0. The van der Waals surface area contributed by atoms with Gasteiger partial charge in [-0.3, -0.25) is 0 Å². The highest BCUT2D eigenvalue weighted by Crippen LogP contribution is 2.71. The van der Waals surface area contributed by atoms with Gasteiger partial charge in [0.05, 0.1) is 18.8 Å². The van der Waals surface area contributed by atoms with Crippen molar-refractivity contribution >= 4 is 5.97 Å². The van der Waals surface area contributed by atoms with Gasteiger partial charge in [-0.05, 0) is 85.5 Å². The summed E-state index contributed by atoms with van der Waals surface area (Å²) in [4.78, 5) is 12.0. The van der Waals surface area contributed by atoms with Crippen LogP contribution in [0, 0.1) is 28.6 Å². The van der Waals surface area contributed by atoms with Crippen molar-refractivity contribution in [3.8, 4) is 0 Å². The van der Waals surface area contributed by atoms with Crippen LogP contribution in [0.25, 0.3) is 0 Å². The molecule has 2 bridgehead atoms. The summed E-state index contributed by atoms with van der Waals surface area (Å²) in [5.74, 6) is 0.664. The molecular formula is C26H38O9. The lowest BCUT2D eigenvalue weighted by Crippen LogP contribution is -2.59. The van der Waals surface area contributed by atoms with Crippen LogP contribution in [0.2, 0.25) is 0 Å². The van der Waals surface area contributed by atoms with Crippen molar-refractivity contribution in [2.45, 2.75) is 101 Å². The highest BCUT2D eigenvalue weighted by Gasteiger charge is 2.67. The molecule has 4 aliphatic carbocycles.